The molecule has 50 valence electrons. The van der Waals surface area contributed by atoms with E-state index < -0.39 is 0 Å². The minimum Gasteiger partial charge on any atom is -0.267 e. The number of dihydropyridines is 1. The molecule has 2 heteroatoms. The van der Waals surface area contributed by atoms with Crippen LogP contribution in [-0.2, 0) is 0 Å². The minimum absolute atomic E-state index is 0.488. The van der Waals surface area contributed by atoms with Gasteiger partial charge in [-0.25, -0.2) is 0 Å². The number of allylic oxidation sites excluding steroid dienone is 2. The van der Waals surface area contributed by atoms with Gasteiger partial charge < -0.3 is 0 Å². The Labute approximate surface area is 59.7 Å². The van der Waals surface area contributed by atoms with Crippen molar-refractivity contribution in [1.29, 1.82) is 0 Å². The van der Waals surface area contributed by atoms with E-state index in [-0.39, 0.29) is 0 Å². The predicted molar refractivity (Wildman–Crippen MR) is 42.3 cm³/mol. The summed E-state index contributed by atoms with van der Waals surface area (Å²) < 4.78 is 0. The van der Waals surface area contributed by atoms with Crippen LogP contribution in [0.4, 0.5) is 0 Å². The second-order valence-corrected chi connectivity index (χ2v) is 2.39. The van der Waals surface area contributed by atoms with Crippen molar-refractivity contribution >= 4 is 12.4 Å². The fourth-order valence-corrected chi connectivity index (χ4v) is 1.14. The molecule has 2 aliphatic rings. The van der Waals surface area contributed by atoms with Gasteiger partial charge in [0, 0.05) is 24.5 Å². The molecule has 0 spiro atoms. The molecule has 0 aromatic rings. The lowest BCUT2D eigenvalue weighted by Crippen LogP contribution is -2.06. The van der Waals surface area contributed by atoms with Gasteiger partial charge in [-0.2, -0.15) is 0 Å². The first-order valence-corrected chi connectivity index (χ1v) is 3.39. The molecule has 0 fully saturated rings. The lowest BCUT2D eigenvalue weighted by molar-refractivity contribution is 0.775. The van der Waals surface area contributed by atoms with Crippen LogP contribution in [0, 0.1) is 5.92 Å². The first-order valence-electron chi connectivity index (χ1n) is 3.39. The number of nitrogens with zero attached hydrogens (tertiary/aromatic N) is 2. The zero-order valence-electron chi connectivity index (χ0n) is 5.57. The van der Waals surface area contributed by atoms with E-state index in [1.807, 2.05) is 24.7 Å². The SMILES string of the molecule is C1=CC2CC=NC=C2N=C1. The van der Waals surface area contributed by atoms with Crippen LogP contribution < -0.4 is 0 Å². The van der Waals surface area contributed by atoms with Gasteiger partial charge >= 0.3 is 0 Å². The van der Waals surface area contributed by atoms with Gasteiger partial charge in [0.25, 0.3) is 0 Å². The fourth-order valence-electron chi connectivity index (χ4n) is 1.14. The Balaban J connectivity index is 2.34. The summed E-state index contributed by atoms with van der Waals surface area (Å²) in [4.78, 5) is 8.21. The Morgan fingerprint density at radius 1 is 1.50 bits per heavy atom. The molecule has 2 rings (SSSR count). The van der Waals surface area contributed by atoms with E-state index in [0.717, 1.165) is 12.1 Å². The lowest BCUT2D eigenvalue weighted by atomic mass is 9.99. The summed E-state index contributed by atoms with van der Waals surface area (Å²) in [5.74, 6) is 0.488. The molecular weight excluding hydrogens is 124 g/mol. The van der Waals surface area contributed by atoms with Gasteiger partial charge in [-0.15, -0.1) is 0 Å². The highest BCUT2D eigenvalue weighted by atomic mass is 14.8. The van der Waals surface area contributed by atoms with Crippen molar-refractivity contribution in [2.75, 3.05) is 0 Å². The molecule has 0 radical (unpaired) electrons. The van der Waals surface area contributed by atoms with E-state index in [1.165, 1.54) is 0 Å². The van der Waals surface area contributed by atoms with E-state index in [1.54, 1.807) is 0 Å². The zero-order chi connectivity index (χ0) is 6.81. The first kappa shape index (κ1) is 5.59. The zero-order valence-corrected chi connectivity index (χ0v) is 5.57. The van der Waals surface area contributed by atoms with Gasteiger partial charge in [0.15, 0.2) is 0 Å². The largest absolute Gasteiger partial charge is 0.267 e. The van der Waals surface area contributed by atoms with Crippen molar-refractivity contribution in [1.82, 2.24) is 0 Å². The molecule has 0 amide bonds. The fraction of sp³-hybridized carbons (Fsp3) is 0.250. The lowest BCUT2D eigenvalue weighted by Gasteiger charge is -2.14. The summed E-state index contributed by atoms with van der Waals surface area (Å²) in [6, 6.07) is 0. The summed E-state index contributed by atoms with van der Waals surface area (Å²) in [6.07, 6.45) is 10.7. The highest BCUT2D eigenvalue weighted by Gasteiger charge is 2.12. The van der Waals surface area contributed by atoms with E-state index in [4.69, 9.17) is 0 Å². The van der Waals surface area contributed by atoms with Crippen LogP contribution in [0.5, 0.6) is 0 Å². The number of aliphatic imine (C=N–C) groups is 2. The third-order valence-corrected chi connectivity index (χ3v) is 1.70. The molecule has 0 saturated heterocycles. The number of rotatable bonds is 0. The van der Waals surface area contributed by atoms with Crippen molar-refractivity contribution < 1.29 is 0 Å². The van der Waals surface area contributed by atoms with Gasteiger partial charge in [0.05, 0.1) is 5.70 Å². The maximum atomic E-state index is 4.19. The second-order valence-electron chi connectivity index (χ2n) is 2.39. The molecule has 0 aromatic carbocycles. The topological polar surface area (TPSA) is 24.7 Å². The molecule has 2 heterocycles. The Kier molecular flexibility index (Phi) is 1.24. The number of hydrogen-bond acceptors (Lipinski definition) is 2. The van der Waals surface area contributed by atoms with Crippen molar-refractivity contribution in [3.05, 3.63) is 24.0 Å². The van der Waals surface area contributed by atoms with Crippen LogP contribution in [0.1, 0.15) is 6.42 Å². The smallest absolute Gasteiger partial charge is 0.0658 e. The maximum Gasteiger partial charge on any atom is 0.0658 e. The minimum atomic E-state index is 0.488. The highest BCUT2D eigenvalue weighted by molar-refractivity contribution is 5.75. The van der Waals surface area contributed by atoms with Crippen molar-refractivity contribution in [3.8, 4) is 0 Å². The third-order valence-electron chi connectivity index (χ3n) is 1.70. The molecule has 1 unspecified atom stereocenters. The summed E-state index contributed by atoms with van der Waals surface area (Å²) in [7, 11) is 0. The molecule has 0 N–H and O–H groups in total. The van der Waals surface area contributed by atoms with E-state index >= 15 is 0 Å². The van der Waals surface area contributed by atoms with E-state index in [9.17, 15) is 0 Å². The summed E-state index contributed by atoms with van der Waals surface area (Å²) in [5.41, 5.74) is 1.09. The van der Waals surface area contributed by atoms with Gasteiger partial charge in [-0.3, -0.25) is 9.98 Å². The average Bonchev–Trinajstić information content (AvgIpc) is 2.05. The predicted octanol–water partition coefficient (Wildman–Crippen LogP) is 1.56. The molecule has 2 nitrogen and oxygen atoms in total. The van der Waals surface area contributed by atoms with E-state index in [0.29, 0.717) is 5.92 Å². The molecule has 10 heavy (non-hydrogen) atoms. The standard InChI is InChI=1S/C8H8N2/c1-2-7-3-5-9-6-8(7)10-4-1/h1-2,4-7H,3H2. The highest BCUT2D eigenvalue weighted by Crippen LogP contribution is 2.22. The van der Waals surface area contributed by atoms with Crippen LogP contribution in [0.15, 0.2) is 34.0 Å². The molecule has 0 aliphatic carbocycles. The molecule has 0 saturated carbocycles. The summed E-state index contributed by atoms with van der Waals surface area (Å²) in [6.45, 7) is 0. The van der Waals surface area contributed by atoms with Crippen LogP contribution >= 0.6 is 0 Å². The quantitative estimate of drug-likeness (QED) is 0.478. The Morgan fingerprint density at radius 2 is 2.50 bits per heavy atom. The van der Waals surface area contributed by atoms with Crippen LogP contribution in [0.2, 0.25) is 0 Å². The van der Waals surface area contributed by atoms with Gasteiger partial charge in [0.1, 0.15) is 0 Å². The Morgan fingerprint density at radius 3 is 3.40 bits per heavy atom. The van der Waals surface area contributed by atoms with Gasteiger partial charge in [-0.05, 0) is 12.5 Å². The Bertz CT molecular complexity index is 246. The first-order chi connectivity index (χ1) is 4.97. The average molecular weight is 132 g/mol. The molecule has 0 bridgehead atoms. The normalized spacial score (nSPS) is 28.0. The molecule has 2 aliphatic heterocycles. The van der Waals surface area contributed by atoms with Crippen LogP contribution in [0.25, 0.3) is 0 Å². The molecule has 0 aromatic heterocycles. The van der Waals surface area contributed by atoms with Gasteiger partial charge in [0.2, 0.25) is 0 Å². The van der Waals surface area contributed by atoms with E-state index in [2.05, 4.69) is 16.1 Å². The Hall–Kier alpha value is -1.18. The monoisotopic (exact) mass is 132 g/mol. The van der Waals surface area contributed by atoms with Crippen molar-refractivity contribution in [2.24, 2.45) is 15.9 Å². The third kappa shape index (κ3) is 0.817. The number of hydrogen-bond donors (Lipinski definition) is 0. The van der Waals surface area contributed by atoms with Crippen LogP contribution in [-0.4, -0.2) is 12.4 Å². The van der Waals surface area contributed by atoms with Crippen molar-refractivity contribution in [3.63, 3.8) is 0 Å². The summed E-state index contributed by atoms with van der Waals surface area (Å²) in [5, 5.41) is 0. The number of fused-ring (bicyclic) bond motifs is 1. The second kappa shape index (κ2) is 2.21. The maximum absolute atomic E-state index is 4.19. The van der Waals surface area contributed by atoms with Gasteiger partial charge in [-0.1, -0.05) is 6.08 Å². The summed E-state index contributed by atoms with van der Waals surface area (Å²) >= 11 is 0. The van der Waals surface area contributed by atoms with Crippen molar-refractivity contribution in [2.45, 2.75) is 6.42 Å². The molecule has 1 atom stereocenters. The molecular formula is C8H8N2. The van der Waals surface area contributed by atoms with Crippen LogP contribution in [0.3, 0.4) is 0 Å².